The molecule has 1 N–H and O–H groups in total. The molecule has 0 aromatic carbocycles. The van der Waals surface area contributed by atoms with Gasteiger partial charge in [0.05, 0.1) is 6.10 Å². The average Bonchev–Trinajstić information content (AvgIpc) is 2.77. The van der Waals surface area contributed by atoms with Crippen molar-refractivity contribution in [3.8, 4) is 0 Å². The molecule has 18 heavy (non-hydrogen) atoms. The molecule has 0 radical (unpaired) electrons. The van der Waals surface area contributed by atoms with Crippen molar-refractivity contribution in [2.24, 2.45) is 5.92 Å². The van der Waals surface area contributed by atoms with Gasteiger partial charge < -0.3 is 10.1 Å². The number of nitrogens with one attached hydrogen (secondary N) is 1. The van der Waals surface area contributed by atoms with Gasteiger partial charge >= 0.3 is 0 Å². The normalized spacial score (nSPS) is 24.4. The summed E-state index contributed by atoms with van der Waals surface area (Å²) in [7, 11) is 0. The van der Waals surface area contributed by atoms with Gasteiger partial charge in [0.15, 0.2) is 0 Å². The lowest BCUT2D eigenvalue weighted by Gasteiger charge is -2.34. The zero-order valence-electron chi connectivity index (χ0n) is 11.5. The summed E-state index contributed by atoms with van der Waals surface area (Å²) in [5.74, 6) is 1.54. The third-order valence-corrected chi connectivity index (χ3v) is 4.48. The van der Waals surface area contributed by atoms with Gasteiger partial charge in [-0.1, -0.05) is 26.7 Å². The molecule has 0 bridgehead atoms. The Bertz CT molecular complexity index is 365. The van der Waals surface area contributed by atoms with E-state index in [1.165, 1.54) is 24.4 Å². The second-order valence-electron chi connectivity index (χ2n) is 5.00. The fourth-order valence-corrected chi connectivity index (χ4v) is 3.28. The molecule has 1 aromatic heterocycles. The van der Waals surface area contributed by atoms with E-state index in [1.54, 1.807) is 0 Å². The summed E-state index contributed by atoms with van der Waals surface area (Å²) in [6, 6.07) is 0.483. The molecule has 1 aliphatic heterocycles. The maximum Gasteiger partial charge on any atom is 0.202 e. The number of hydrogen-bond donors (Lipinski definition) is 1. The maximum absolute atomic E-state index is 5.92. The molecule has 1 saturated heterocycles. The molecule has 2 unspecified atom stereocenters. The van der Waals surface area contributed by atoms with E-state index < -0.39 is 0 Å². The van der Waals surface area contributed by atoms with Crippen molar-refractivity contribution in [2.75, 3.05) is 11.9 Å². The number of nitrogens with zero attached hydrogens (tertiary/aromatic N) is 2. The fraction of sp³-hybridized carbons (Fsp3) is 0.846. The Labute approximate surface area is 113 Å². The Balaban J connectivity index is 1.90. The van der Waals surface area contributed by atoms with E-state index in [-0.39, 0.29) is 0 Å². The van der Waals surface area contributed by atoms with Crippen LogP contribution in [0.3, 0.4) is 0 Å². The quantitative estimate of drug-likeness (QED) is 0.891. The summed E-state index contributed by atoms with van der Waals surface area (Å²) in [6.07, 6.45) is 4.96. The number of aromatic nitrogens is 2. The van der Waals surface area contributed by atoms with Crippen LogP contribution in [0.1, 0.15) is 45.4 Å². The molecule has 0 spiro atoms. The average molecular weight is 269 g/mol. The molecular formula is C13H23N3OS. The number of anilines is 1. The first-order valence-electron chi connectivity index (χ1n) is 6.91. The van der Waals surface area contributed by atoms with E-state index in [2.05, 4.69) is 28.5 Å². The van der Waals surface area contributed by atoms with Gasteiger partial charge in [-0.15, -0.1) is 0 Å². The van der Waals surface area contributed by atoms with Crippen LogP contribution >= 0.6 is 11.5 Å². The van der Waals surface area contributed by atoms with Gasteiger partial charge in [-0.3, -0.25) is 0 Å². The predicted octanol–water partition coefficient (Wildman–Crippen LogP) is 3.24. The minimum Gasteiger partial charge on any atom is -0.378 e. The molecular weight excluding hydrogens is 246 g/mol. The first kappa shape index (κ1) is 13.7. The Kier molecular flexibility index (Phi) is 4.95. The minimum absolute atomic E-state index is 0.403. The maximum atomic E-state index is 5.92. The number of rotatable bonds is 5. The van der Waals surface area contributed by atoms with Gasteiger partial charge in [-0.2, -0.15) is 4.37 Å². The van der Waals surface area contributed by atoms with E-state index in [9.17, 15) is 0 Å². The van der Waals surface area contributed by atoms with Crippen LogP contribution in [0.25, 0.3) is 0 Å². The predicted molar refractivity (Wildman–Crippen MR) is 75.1 cm³/mol. The summed E-state index contributed by atoms with van der Waals surface area (Å²) >= 11 is 1.45. The molecule has 4 nitrogen and oxygen atoms in total. The Morgan fingerprint density at radius 2 is 2.22 bits per heavy atom. The summed E-state index contributed by atoms with van der Waals surface area (Å²) in [6.45, 7) is 7.29. The largest absolute Gasteiger partial charge is 0.378 e. The Hall–Kier alpha value is -0.680. The third-order valence-electron chi connectivity index (χ3n) is 3.74. The van der Waals surface area contributed by atoms with E-state index in [0.717, 1.165) is 30.4 Å². The Morgan fingerprint density at radius 3 is 2.83 bits per heavy atom. The van der Waals surface area contributed by atoms with Crippen molar-refractivity contribution < 1.29 is 4.74 Å². The molecule has 0 aliphatic carbocycles. The molecule has 0 saturated carbocycles. The van der Waals surface area contributed by atoms with Gasteiger partial charge in [0.2, 0.25) is 5.13 Å². The monoisotopic (exact) mass is 269 g/mol. The Morgan fingerprint density at radius 1 is 1.44 bits per heavy atom. The zero-order chi connectivity index (χ0) is 13.0. The van der Waals surface area contributed by atoms with Gasteiger partial charge in [0, 0.05) is 24.2 Å². The van der Waals surface area contributed by atoms with Crippen molar-refractivity contribution in [1.82, 2.24) is 9.36 Å². The van der Waals surface area contributed by atoms with Crippen LogP contribution in [0.5, 0.6) is 0 Å². The van der Waals surface area contributed by atoms with Crippen LogP contribution in [0.15, 0.2) is 0 Å². The number of ether oxygens (including phenoxy) is 1. The highest BCUT2D eigenvalue weighted by atomic mass is 32.1. The van der Waals surface area contributed by atoms with Crippen molar-refractivity contribution >= 4 is 16.7 Å². The van der Waals surface area contributed by atoms with Crippen LogP contribution in [0, 0.1) is 12.8 Å². The molecule has 1 aromatic rings. The van der Waals surface area contributed by atoms with Crippen molar-refractivity contribution in [3.05, 3.63) is 5.82 Å². The van der Waals surface area contributed by atoms with E-state index >= 15 is 0 Å². The molecule has 2 atom stereocenters. The second-order valence-corrected chi connectivity index (χ2v) is 5.75. The van der Waals surface area contributed by atoms with Crippen molar-refractivity contribution in [2.45, 2.75) is 58.6 Å². The van der Waals surface area contributed by atoms with Crippen molar-refractivity contribution in [1.29, 1.82) is 0 Å². The topological polar surface area (TPSA) is 47.0 Å². The summed E-state index contributed by atoms with van der Waals surface area (Å²) in [5.41, 5.74) is 0. The van der Waals surface area contributed by atoms with E-state index in [0.29, 0.717) is 18.1 Å². The van der Waals surface area contributed by atoms with Crippen LogP contribution in [-0.2, 0) is 4.74 Å². The summed E-state index contributed by atoms with van der Waals surface area (Å²) in [5, 5.41) is 4.45. The first-order valence-corrected chi connectivity index (χ1v) is 7.68. The van der Waals surface area contributed by atoms with Gasteiger partial charge in [0.1, 0.15) is 5.82 Å². The number of hydrogen-bond acceptors (Lipinski definition) is 5. The van der Waals surface area contributed by atoms with Gasteiger partial charge in [-0.05, 0) is 25.7 Å². The number of aryl methyl sites for hydroxylation is 1. The fourth-order valence-electron chi connectivity index (χ4n) is 2.63. The highest BCUT2D eigenvalue weighted by Gasteiger charge is 2.27. The summed E-state index contributed by atoms with van der Waals surface area (Å²) in [4.78, 5) is 4.37. The molecule has 0 amide bonds. The SMILES string of the molecule is CCC(CC)C1CC(Nc2nc(C)ns2)CCO1. The van der Waals surface area contributed by atoms with Crippen LogP contribution in [0.2, 0.25) is 0 Å². The van der Waals surface area contributed by atoms with E-state index in [1.807, 2.05) is 6.92 Å². The lowest BCUT2D eigenvalue weighted by molar-refractivity contribution is -0.0271. The van der Waals surface area contributed by atoms with Gasteiger partial charge in [0.25, 0.3) is 0 Å². The van der Waals surface area contributed by atoms with Crippen LogP contribution < -0.4 is 5.32 Å². The lowest BCUT2D eigenvalue weighted by atomic mass is 9.89. The zero-order valence-corrected chi connectivity index (χ0v) is 12.3. The third kappa shape index (κ3) is 3.42. The first-order chi connectivity index (χ1) is 8.72. The minimum atomic E-state index is 0.403. The molecule has 102 valence electrons. The van der Waals surface area contributed by atoms with Crippen molar-refractivity contribution in [3.63, 3.8) is 0 Å². The smallest absolute Gasteiger partial charge is 0.202 e. The van der Waals surface area contributed by atoms with Crippen LogP contribution in [0.4, 0.5) is 5.13 Å². The lowest BCUT2D eigenvalue weighted by Crippen LogP contribution is -2.37. The second kappa shape index (κ2) is 6.48. The summed E-state index contributed by atoms with van der Waals surface area (Å²) < 4.78 is 10.1. The molecule has 2 heterocycles. The molecule has 1 fully saturated rings. The highest BCUT2D eigenvalue weighted by Crippen LogP contribution is 2.27. The molecule has 1 aliphatic rings. The molecule has 5 heteroatoms. The van der Waals surface area contributed by atoms with E-state index in [4.69, 9.17) is 4.74 Å². The molecule has 2 rings (SSSR count). The van der Waals surface area contributed by atoms with Gasteiger partial charge in [-0.25, -0.2) is 4.98 Å². The standard InChI is InChI=1S/C13H23N3OS/c1-4-10(5-2)12-8-11(6-7-17-12)15-13-14-9(3)16-18-13/h10-12H,4-8H2,1-3H3,(H,14,15,16). The van der Waals surface area contributed by atoms with Crippen LogP contribution in [-0.4, -0.2) is 28.1 Å². The highest BCUT2D eigenvalue weighted by molar-refractivity contribution is 7.09.